The Labute approximate surface area is 227 Å². The highest BCUT2D eigenvalue weighted by Gasteiger charge is 2.42. The first kappa shape index (κ1) is 26.5. The normalized spacial score (nSPS) is 17.9. The van der Waals surface area contributed by atoms with Crippen molar-refractivity contribution in [3.8, 4) is 5.75 Å². The molecule has 1 heterocycles. The highest BCUT2D eigenvalue weighted by atomic mass is 35.5. The fourth-order valence-corrected chi connectivity index (χ4v) is 4.80. The van der Waals surface area contributed by atoms with Gasteiger partial charge < -0.3 is 4.74 Å². The zero-order valence-electron chi connectivity index (χ0n) is 20.9. The van der Waals surface area contributed by atoms with Crippen LogP contribution in [0.2, 0.25) is 10.0 Å². The highest BCUT2D eigenvalue weighted by Crippen LogP contribution is 2.46. The molecule has 188 valence electrons. The van der Waals surface area contributed by atoms with Crippen LogP contribution in [-0.2, 0) is 5.41 Å². The Morgan fingerprint density at radius 3 is 1.97 bits per heavy atom. The molecule has 0 aromatic heterocycles. The largest absolute Gasteiger partial charge is 0.490 e. The summed E-state index contributed by atoms with van der Waals surface area (Å²) in [6.45, 7) is 10.4. The zero-order chi connectivity index (χ0) is 26.2. The summed E-state index contributed by atoms with van der Waals surface area (Å²) in [5.41, 5.74) is 3.53. The minimum Gasteiger partial charge on any atom is -0.490 e. The molecule has 0 saturated heterocycles. The van der Waals surface area contributed by atoms with Gasteiger partial charge in [0.05, 0.1) is 17.7 Å². The van der Waals surface area contributed by atoms with Gasteiger partial charge in [-0.25, -0.2) is 0 Å². The lowest BCUT2D eigenvalue weighted by molar-refractivity contribution is 0.230. The van der Waals surface area contributed by atoms with Gasteiger partial charge in [0.15, 0.2) is 0 Å². The summed E-state index contributed by atoms with van der Waals surface area (Å²) < 4.78 is 6.24. The molecule has 0 aliphatic carbocycles. The smallest absolute Gasteiger partial charge is 0.322 e. The maximum absolute atomic E-state index is 13.0. The number of rotatable bonds is 5. The second kappa shape index (κ2) is 10.5. The fraction of sp³-hybridized carbons (Fsp3) is 0.310. The van der Waals surface area contributed by atoms with E-state index in [4.69, 9.17) is 44.5 Å². The second-order valence-electron chi connectivity index (χ2n) is 10.2. The van der Waals surface area contributed by atoms with Crippen molar-refractivity contribution in [2.75, 3.05) is 0 Å². The van der Waals surface area contributed by atoms with Crippen molar-refractivity contribution in [3.05, 3.63) is 99.0 Å². The van der Waals surface area contributed by atoms with Crippen LogP contribution in [0.4, 0.5) is 4.79 Å². The standard InChI is InChI=1S/C29H29Cl3N2O2/c1-17(2)36-24-16-20(29(3,4)5)10-15-23(24)27-33-25(18-6-11-21(30)12-7-18)26(34(27)28(32)35)19-8-13-22(31)14-9-19/h6-17,25-26H,1-5H3/t25-,26+/m0/s1. The van der Waals surface area contributed by atoms with E-state index >= 15 is 0 Å². The number of ether oxygens (including phenoxy) is 1. The number of nitrogens with zero attached hydrogens (tertiary/aromatic N) is 2. The summed E-state index contributed by atoms with van der Waals surface area (Å²) in [6.07, 6.45) is -0.0692. The van der Waals surface area contributed by atoms with Gasteiger partial charge in [0.2, 0.25) is 0 Å². The minimum atomic E-state index is -0.624. The number of hydrogen-bond donors (Lipinski definition) is 0. The van der Waals surface area contributed by atoms with Crippen LogP contribution < -0.4 is 4.74 Å². The van der Waals surface area contributed by atoms with Crippen molar-refractivity contribution in [2.24, 2.45) is 4.99 Å². The average Bonchev–Trinajstić information content (AvgIpc) is 3.20. The van der Waals surface area contributed by atoms with Crippen LogP contribution in [0.25, 0.3) is 0 Å². The van der Waals surface area contributed by atoms with Gasteiger partial charge in [0.25, 0.3) is 0 Å². The van der Waals surface area contributed by atoms with E-state index in [2.05, 4.69) is 26.8 Å². The highest BCUT2D eigenvalue weighted by molar-refractivity contribution is 6.64. The summed E-state index contributed by atoms with van der Waals surface area (Å²) in [6, 6.07) is 20.1. The number of amides is 1. The van der Waals surface area contributed by atoms with E-state index in [1.165, 1.54) is 0 Å². The molecule has 0 unspecified atom stereocenters. The molecule has 0 radical (unpaired) electrons. The second-order valence-corrected chi connectivity index (χ2v) is 11.4. The predicted molar refractivity (Wildman–Crippen MR) is 149 cm³/mol. The van der Waals surface area contributed by atoms with E-state index in [0.717, 1.165) is 16.7 Å². The maximum Gasteiger partial charge on any atom is 0.322 e. The Balaban J connectivity index is 1.92. The first-order valence-corrected chi connectivity index (χ1v) is 13.0. The third kappa shape index (κ3) is 5.56. The predicted octanol–water partition coefficient (Wildman–Crippen LogP) is 8.98. The molecule has 1 aliphatic rings. The molecular formula is C29H29Cl3N2O2. The molecule has 4 nitrogen and oxygen atoms in total. The molecule has 3 aromatic rings. The Hall–Kier alpha value is -2.53. The van der Waals surface area contributed by atoms with Gasteiger partial charge >= 0.3 is 5.37 Å². The van der Waals surface area contributed by atoms with Crippen molar-refractivity contribution in [1.82, 2.24) is 4.90 Å². The van der Waals surface area contributed by atoms with Crippen LogP contribution >= 0.6 is 34.8 Å². The molecule has 0 fully saturated rings. The van der Waals surface area contributed by atoms with Gasteiger partial charge in [0.1, 0.15) is 17.6 Å². The van der Waals surface area contributed by atoms with Crippen molar-refractivity contribution in [3.63, 3.8) is 0 Å². The minimum absolute atomic E-state index is 0.0692. The molecule has 0 bridgehead atoms. The molecule has 36 heavy (non-hydrogen) atoms. The Kier molecular flexibility index (Phi) is 7.70. The Morgan fingerprint density at radius 2 is 1.47 bits per heavy atom. The zero-order valence-corrected chi connectivity index (χ0v) is 23.2. The fourth-order valence-electron chi connectivity index (χ4n) is 4.36. The summed E-state index contributed by atoms with van der Waals surface area (Å²) in [4.78, 5) is 19.6. The lowest BCUT2D eigenvalue weighted by Crippen LogP contribution is -2.34. The van der Waals surface area contributed by atoms with Crippen molar-refractivity contribution >= 4 is 46.0 Å². The molecule has 0 saturated carbocycles. The Bertz CT molecular complexity index is 1280. The van der Waals surface area contributed by atoms with Crippen molar-refractivity contribution in [2.45, 2.75) is 58.2 Å². The molecule has 2 atom stereocenters. The third-order valence-corrected chi connectivity index (χ3v) is 6.82. The van der Waals surface area contributed by atoms with Crippen LogP contribution in [0.5, 0.6) is 5.75 Å². The van der Waals surface area contributed by atoms with Gasteiger partial charge in [0, 0.05) is 10.0 Å². The first-order valence-electron chi connectivity index (χ1n) is 11.8. The molecule has 7 heteroatoms. The molecular weight excluding hydrogens is 515 g/mol. The molecule has 3 aromatic carbocycles. The van der Waals surface area contributed by atoms with Crippen LogP contribution in [0.15, 0.2) is 71.7 Å². The van der Waals surface area contributed by atoms with Crippen LogP contribution in [-0.4, -0.2) is 22.2 Å². The molecule has 1 amide bonds. The first-order chi connectivity index (χ1) is 17.0. The monoisotopic (exact) mass is 542 g/mol. The van der Waals surface area contributed by atoms with E-state index < -0.39 is 17.5 Å². The van der Waals surface area contributed by atoms with Gasteiger partial charge in [-0.1, -0.05) is 74.3 Å². The van der Waals surface area contributed by atoms with Crippen molar-refractivity contribution < 1.29 is 9.53 Å². The number of amidine groups is 1. The molecule has 4 rings (SSSR count). The van der Waals surface area contributed by atoms with Gasteiger partial charge in [-0.2, -0.15) is 0 Å². The topological polar surface area (TPSA) is 41.9 Å². The van der Waals surface area contributed by atoms with E-state index in [9.17, 15) is 4.79 Å². The van der Waals surface area contributed by atoms with Gasteiger partial charge in [-0.05, 0) is 84.0 Å². The maximum atomic E-state index is 13.0. The van der Waals surface area contributed by atoms with Gasteiger partial charge in [-0.3, -0.25) is 14.7 Å². The molecule has 0 spiro atoms. The number of carbonyl (C=O) groups is 1. The SMILES string of the molecule is CC(C)Oc1cc(C(C)(C)C)ccc1C1=N[C@@H](c2ccc(Cl)cc2)[C@@H](c2ccc(Cl)cc2)N1C(=O)Cl. The van der Waals surface area contributed by atoms with E-state index in [0.29, 0.717) is 27.2 Å². The quantitative estimate of drug-likeness (QED) is 0.238. The number of halogens is 3. The summed E-state index contributed by atoms with van der Waals surface area (Å²) in [7, 11) is 0. The Morgan fingerprint density at radius 1 is 0.917 bits per heavy atom. The lowest BCUT2D eigenvalue weighted by atomic mass is 9.86. The molecule has 0 N–H and O–H groups in total. The third-order valence-electron chi connectivity index (χ3n) is 6.13. The summed E-state index contributed by atoms with van der Waals surface area (Å²) in [5, 5.41) is 0.607. The molecule has 1 aliphatic heterocycles. The summed E-state index contributed by atoms with van der Waals surface area (Å²) >= 11 is 18.6. The van der Waals surface area contributed by atoms with E-state index in [1.54, 1.807) is 17.0 Å². The van der Waals surface area contributed by atoms with Crippen LogP contribution in [0, 0.1) is 0 Å². The van der Waals surface area contributed by atoms with Crippen LogP contribution in [0.1, 0.15) is 69.0 Å². The summed E-state index contributed by atoms with van der Waals surface area (Å²) in [5.74, 6) is 1.12. The number of hydrogen-bond acceptors (Lipinski definition) is 3. The van der Waals surface area contributed by atoms with Gasteiger partial charge in [-0.15, -0.1) is 0 Å². The van der Waals surface area contributed by atoms with Crippen LogP contribution in [0.3, 0.4) is 0 Å². The van der Waals surface area contributed by atoms with Crippen molar-refractivity contribution in [1.29, 1.82) is 0 Å². The number of carbonyl (C=O) groups excluding carboxylic acids is 1. The number of benzene rings is 3. The van der Waals surface area contributed by atoms with E-state index in [1.807, 2.05) is 62.4 Å². The average molecular weight is 544 g/mol. The lowest BCUT2D eigenvalue weighted by Gasteiger charge is -2.29. The van der Waals surface area contributed by atoms with E-state index in [-0.39, 0.29) is 11.5 Å². The number of aliphatic imine (C=N–C) groups is 1.